The Kier molecular flexibility index (Phi) is 5.69. The number of benzene rings is 2. The van der Waals surface area contributed by atoms with Gasteiger partial charge in [0, 0.05) is 30.2 Å². The van der Waals surface area contributed by atoms with E-state index in [1.54, 1.807) is 10.8 Å². The molecule has 1 aliphatic rings. The number of rotatable bonds is 5. The lowest BCUT2D eigenvalue weighted by Crippen LogP contribution is -2.39. The van der Waals surface area contributed by atoms with Crippen LogP contribution in [0.25, 0.3) is 10.9 Å². The molecule has 5 nitrogen and oxygen atoms in total. The second-order valence-corrected chi connectivity index (χ2v) is 10.4. The number of fused-ring (bicyclic) bond motifs is 1. The van der Waals surface area contributed by atoms with Crippen LogP contribution in [0, 0.1) is 12.8 Å². The standard InChI is InChI=1S/C24H28N2O3S/c1-18-10-12-25(13-11-18)24(27)16-26-15-23(21-8-3-4-9-22(21)26)30(28,29)17-20-7-5-6-19(2)14-20/h3-9,14-15,18H,10-13,16-17H2,1-2H3. The molecule has 1 aliphatic heterocycles. The molecular weight excluding hydrogens is 396 g/mol. The zero-order chi connectivity index (χ0) is 21.3. The molecule has 0 atom stereocenters. The summed E-state index contributed by atoms with van der Waals surface area (Å²) in [5.74, 6) is 0.644. The molecule has 158 valence electrons. The maximum Gasteiger partial charge on any atom is 0.242 e. The molecule has 1 fully saturated rings. The number of nitrogens with zero attached hydrogens (tertiary/aromatic N) is 2. The molecule has 0 spiro atoms. The Morgan fingerprint density at radius 2 is 1.80 bits per heavy atom. The van der Waals surface area contributed by atoms with Gasteiger partial charge in [0.05, 0.1) is 10.6 Å². The first-order chi connectivity index (χ1) is 14.3. The lowest BCUT2D eigenvalue weighted by atomic mass is 9.99. The Balaban J connectivity index is 1.64. The number of amides is 1. The van der Waals surface area contributed by atoms with Crippen LogP contribution in [0.2, 0.25) is 0 Å². The molecule has 0 aliphatic carbocycles. The third kappa shape index (κ3) is 4.29. The van der Waals surface area contributed by atoms with Gasteiger partial charge in [0.15, 0.2) is 9.84 Å². The van der Waals surface area contributed by atoms with Crippen LogP contribution >= 0.6 is 0 Å². The van der Waals surface area contributed by atoms with Crippen molar-refractivity contribution in [3.05, 3.63) is 65.9 Å². The number of likely N-dealkylation sites (tertiary alicyclic amines) is 1. The minimum absolute atomic E-state index is 0.0466. The summed E-state index contributed by atoms with van der Waals surface area (Å²) < 4.78 is 28.3. The second kappa shape index (κ2) is 8.26. The van der Waals surface area contributed by atoms with Gasteiger partial charge in [-0.05, 0) is 37.3 Å². The minimum atomic E-state index is -3.55. The summed E-state index contributed by atoms with van der Waals surface area (Å²) >= 11 is 0. The van der Waals surface area contributed by atoms with Gasteiger partial charge in [0.25, 0.3) is 0 Å². The molecule has 2 aromatic carbocycles. The Labute approximate surface area is 178 Å². The lowest BCUT2D eigenvalue weighted by Gasteiger charge is -2.30. The van der Waals surface area contributed by atoms with Crippen molar-refractivity contribution in [1.82, 2.24) is 9.47 Å². The number of carbonyl (C=O) groups is 1. The van der Waals surface area contributed by atoms with Crippen LogP contribution in [0.1, 0.15) is 30.9 Å². The van der Waals surface area contributed by atoms with E-state index in [2.05, 4.69) is 6.92 Å². The highest BCUT2D eigenvalue weighted by molar-refractivity contribution is 7.90. The molecule has 1 amide bonds. The van der Waals surface area contributed by atoms with Crippen molar-refractivity contribution in [3.8, 4) is 0 Å². The van der Waals surface area contributed by atoms with Crippen LogP contribution in [0.5, 0.6) is 0 Å². The zero-order valence-electron chi connectivity index (χ0n) is 17.5. The van der Waals surface area contributed by atoms with E-state index in [1.165, 1.54) is 0 Å². The maximum absolute atomic E-state index is 13.3. The largest absolute Gasteiger partial charge is 0.341 e. The van der Waals surface area contributed by atoms with Crippen LogP contribution in [-0.2, 0) is 26.9 Å². The first kappa shape index (κ1) is 20.7. The van der Waals surface area contributed by atoms with E-state index in [0.29, 0.717) is 16.2 Å². The highest BCUT2D eigenvalue weighted by Crippen LogP contribution is 2.28. The molecule has 1 aromatic heterocycles. The number of aromatic nitrogens is 1. The van der Waals surface area contributed by atoms with Gasteiger partial charge < -0.3 is 9.47 Å². The predicted molar refractivity (Wildman–Crippen MR) is 119 cm³/mol. The molecule has 6 heteroatoms. The summed E-state index contributed by atoms with van der Waals surface area (Å²) in [6.45, 7) is 5.88. The number of sulfone groups is 1. The van der Waals surface area contributed by atoms with E-state index < -0.39 is 9.84 Å². The van der Waals surface area contributed by atoms with Gasteiger partial charge >= 0.3 is 0 Å². The fraction of sp³-hybridized carbons (Fsp3) is 0.375. The van der Waals surface area contributed by atoms with Gasteiger partial charge in [-0.1, -0.05) is 55.0 Å². The SMILES string of the molecule is Cc1cccc(CS(=O)(=O)c2cn(CC(=O)N3CCC(C)CC3)c3ccccc23)c1. The number of carbonyl (C=O) groups excluding carboxylic acids is 1. The molecule has 2 heterocycles. The quantitative estimate of drug-likeness (QED) is 0.617. The highest BCUT2D eigenvalue weighted by atomic mass is 32.2. The third-order valence-electron chi connectivity index (χ3n) is 5.97. The molecule has 3 aromatic rings. The zero-order valence-corrected chi connectivity index (χ0v) is 18.4. The van der Waals surface area contributed by atoms with Crippen molar-refractivity contribution in [2.24, 2.45) is 5.92 Å². The van der Waals surface area contributed by atoms with Crippen LogP contribution in [0.4, 0.5) is 0 Å². The third-order valence-corrected chi connectivity index (χ3v) is 7.68. The molecule has 4 rings (SSSR count). The van der Waals surface area contributed by atoms with Crippen LogP contribution in [-0.4, -0.2) is 36.9 Å². The maximum atomic E-state index is 13.3. The fourth-order valence-electron chi connectivity index (χ4n) is 4.19. The van der Waals surface area contributed by atoms with E-state index in [4.69, 9.17) is 0 Å². The van der Waals surface area contributed by atoms with Gasteiger partial charge in [0.2, 0.25) is 5.91 Å². The molecule has 0 radical (unpaired) electrons. The number of hydrogen-bond donors (Lipinski definition) is 0. The van der Waals surface area contributed by atoms with Crippen LogP contribution in [0.15, 0.2) is 59.6 Å². The van der Waals surface area contributed by atoms with E-state index in [-0.39, 0.29) is 18.2 Å². The van der Waals surface area contributed by atoms with Gasteiger partial charge in [-0.15, -0.1) is 0 Å². The lowest BCUT2D eigenvalue weighted by molar-refractivity contribution is -0.133. The first-order valence-corrected chi connectivity index (χ1v) is 12.1. The number of piperidine rings is 1. The molecule has 0 unspecified atom stereocenters. The Bertz CT molecular complexity index is 1170. The topological polar surface area (TPSA) is 59.4 Å². The molecule has 0 bridgehead atoms. The average molecular weight is 425 g/mol. The molecule has 30 heavy (non-hydrogen) atoms. The van der Waals surface area contributed by atoms with E-state index in [0.717, 1.165) is 42.6 Å². The smallest absolute Gasteiger partial charge is 0.242 e. The van der Waals surface area contributed by atoms with Gasteiger partial charge in [0.1, 0.15) is 6.54 Å². The van der Waals surface area contributed by atoms with Gasteiger partial charge in [-0.3, -0.25) is 4.79 Å². The van der Waals surface area contributed by atoms with Crippen LogP contribution in [0.3, 0.4) is 0 Å². The summed E-state index contributed by atoms with van der Waals surface area (Å²) in [5, 5.41) is 0.671. The number of aryl methyl sites for hydroxylation is 1. The Morgan fingerprint density at radius 1 is 1.07 bits per heavy atom. The van der Waals surface area contributed by atoms with Gasteiger partial charge in [-0.2, -0.15) is 0 Å². The average Bonchev–Trinajstić information content (AvgIpc) is 3.08. The molecule has 0 N–H and O–H groups in total. The fourth-order valence-corrected chi connectivity index (χ4v) is 5.76. The monoisotopic (exact) mass is 424 g/mol. The normalized spacial score (nSPS) is 15.6. The molecule has 0 saturated carbocycles. The van der Waals surface area contributed by atoms with Crippen molar-refractivity contribution < 1.29 is 13.2 Å². The molecule has 1 saturated heterocycles. The van der Waals surface area contributed by atoms with Crippen molar-refractivity contribution in [2.45, 2.75) is 43.9 Å². The Hall–Kier alpha value is -2.60. The summed E-state index contributed by atoms with van der Waals surface area (Å²) in [5.41, 5.74) is 2.58. The molecular formula is C24H28N2O3S. The van der Waals surface area contributed by atoms with E-state index >= 15 is 0 Å². The number of para-hydroxylation sites is 1. The first-order valence-electron chi connectivity index (χ1n) is 10.5. The van der Waals surface area contributed by atoms with E-state index in [1.807, 2.05) is 60.4 Å². The highest BCUT2D eigenvalue weighted by Gasteiger charge is 2.24. The summed E-state index contributed by atoms with van der Waals surface area (Å²) in [4.78, 5) is 15.1. The summed E-state index contributed by atoms with van der Waals surface area (Å²) in [7, 11) is -3.55. The summed E-state index contributed by atoms with van der Waals surface area (Å²) in [6, 6.07) is 15.0. The van der Waals surface area contributed by atoms with Crippen molar-refractivity contribution >= 4 is 26.6 Å². The van der Waals surface area contributed by atoms with Crippen LogP contribution < -0.4 is 0 Å². The van der Waals surface area contributed by atoms with Gasteiger partial charge in [-0.25, -0.2) is 8.42 Å². The Morgan fingerprint density at radius 3 is 2.53 bits per heavy atom. The van der Waals surface area contributed by atoms with Crippen molar-refractivity contribution in [2.75, 3.05) is 13.1 Å². The predicted octanol–water partition coefficient (Wildman–Crippen LogP) is 4.18. The summed E-state index contributed by atoms with van der Waals surface area (Å²) in [6.07, 6.45) is 3.68. The van der Waals surface area contributed by atoms with E-state index in [9.17, 15) is 13.2 Å². The van der Waals surface area contributed by atoms with Crippen molar-refractivity contribution in [3.63, 3.8) is 0 Å². The second-order valence-electron chi connectivity index (χ2n) is 8.45. The minimum Gasteiger partial charge on any atom is -0.341 e. The number of hydrogen-bond acceptors (Lipinski definition) is 3. The van der Waals surface area contributed by atoms with Crippen molar-refractivity contribution in [1.29, 1.82) is 0 Å².